The zero-order valence-electron chi connectivity index (χ0n) is 24.0. The summed E-state index contributed by atoms with van der Waals surface area (Å²) in [4.78, 5) is 11.4. The zero-order valence-corrected chi connectivity index (χ0v) is 24.0. The van der Waals surface area contributed by atoms with Crippen LogP contribution in [-0.2, 0) is 20.0 Å². The van der Waals surface area contributed by atoms with E-state index in [1.165, 1.54) is 4.68 Å². The number of nitrogens with zero attached hydrogens (tertiary/aromatic N) is 8. The Labute approximate surface area is 237 Å². The summed E-state index contributed by atoms with van der Waals surface area (Å²) in [7, 11) is 1.69. The second kappa shape index (κ2) is 12.0. The summed E-state index contributed by atoms with van der Waals surface area (Å²) in [6, 6.07) is -0.271. The van der Waals surface area contributed by atoms with Gasteiger partial charge in [-0.05, 0) is 39.5 Å². The lowest BCUT2D eigenvalue weighted by Crippen LogP contribution is -2.35. The molecule has 0 saturated heterocycles. The van der Waals surface area contributed by atoms with Crippen molar-refractivity contribution in [1.82, 2.24) is 38.8 Å². The van der Waals surface area contributed by atoms with E-state index >= 15 is 0 Å². The molecule has 220 valence electrons. The molecular formula is C28H36F2N8O3. The lowest BCUT2D eigenvalue weighted by Gasteiger charge is -2.26. The van der Waals surface area contributed by atoms with Gasteiger partial charge in [-0.1, -0.05) is 6.92 Å². The molecule has 0 radical (unpaired) electrons. The van der Waals surface area contributed by atoms with Crippen molar-refractivity contribution in [3.63, 3.8) is 0 Å². The molecule has 1 aliphatic heterocycles. The van der Waals surface area contributed by atoms with Crippen LogP contribution in [-0.4, -0.2) is 82.8 Å². The Morgan fingerprint density at radius 2 is 1.95 bits per heavy atom. The molecule has 0 saturated carbocycles. The highest BCUT2D eigenvalue weighted by Crippen LogP contribution is 2.35. The summed E-state index contributed by atoms with van der Waals surface area (Å²) in [6.07, 6.45) is 5.50. The molecular weight excluding hydrogens is 534 g/mol. The minimum atomic E-state index is -2.58. The molecule has 1 N–H and O–H groups in total. The predicted octanol–water partition coefficient (Wildman–Crippen LogP) is 3.86. The van der Waals surface area contributed by atoms with Gasteiger partial charge in [0.25, 0.3) is 0 Å². The molecule has 0 spiro atoms. The Bertz CT molecular complexity index is 1540. The van der Waals surface area contributed by atoms with Gasteiger partial charge in [-0.25, -0.2) is 18.4 Å². The largest absolute Gasteiger partial charge is 0.476 e. The molecule has 13 heteroatoms. The topological polar surface area (TPSA) is 108 Å². The molecule has 4 aromatic heterocycles. The molecule has 2 atom stereocenters. The molecule has 5 heterocycles. The number of likely N-dealkylation sites (N-methyl/N-ethyl adjacent to an activating group) is 1. The van der Waals surface area contributed by atoms with Crippen LogP contribution in [0, 0.1) is 0 Å². The van der Waals surface area contributed by atoms with Crippen LogP contribution in [0.1, 0.15) is 56.5 Å². The fourth-order valence-electron chi connectivity index (χ4n) is 5.15. The van der Waals surface area contributed by atoms with E-state index in [1.54, 1.807) is 25.6 Å². The lowest BCUT2D eigenvalue weighted by atomic mass is 10.1. The SMILES string of the molecule is CCOc1nn([C@@H](C)CO)c2c1/C=C/c1ncc3cnc(cn13)-c1c(CC(F)F)nn(C)c1O[C@@H](C)CN(CC)C2. The third kappa shape index (κ3) is 5.68. The number of aliphatic hydroxyl groups is 1. The number of rotatable bonds is 7. The molecule has 0 amide bonds. The summed E-state index contributed by atoms with van der Waals surface area (Å²) in [5.74, 6) is 1.46. The Kier molecular flexibility index (Phi) is 8.36. The summed E-state index contributed by atoms with van der Waals surface area (Å²) in [5, 5.41) is 19.1. The summed E-state index contributed by atoms with van der Waals surface area (Å²) < 4.78 is 44.7. The minimum Gasteiger partial charge on any atom is -0.476 e. The number of ether oxygens (including phenoxy) is 2. The van der Waals surface area contributed by atoms with E-state index in [0.29, 0.717) is 55.1 Å². The zero-order chi connectivity index (χ0) is 29.3. The fraction of sp³-hybridized carbons (Fsp3) is 0.500. The lowest BCUT2D eigenvalue weighted by molar-refractivity contribution is 0.132. The molecule has 41 heavy (non-hydrogen) atoms. The summed E-state index contributed by atoms with van der Waals surface area (Å²) >= 11 is 0. The number of halogens is 2. The molecule has 4 aromatic rings. The standard InChI is InChI=1S/C28H36F2N8O3/c1-6-36-13-18(4)41-28-26(21(10-24(29)30)33-35(28)5)22-14-37-19(11-31-22)12-32-25(37)9-8-20-23(15-36)38(17(3)16-39)34-27(20)40-7-2/h8-9,11-12,14,17-18,24,39H,6-7,10,13,15-16H2,1-5H3/b9-8+/t17-,18-/m0/s1. The van der Waals surface area contributed by atoms with Gasteiger partial charge < -0.3 is 14.6 Å². The number of hydrogen-bond donors (Lipinski definition) is 1. The highest BCUT2D eigenvalue weighted by atomic mass is 19.3. The maximum Gasteiger partial charge on any atom is 0.244 e. The van der Waals surface area contributed by atoms with Gasteiger partial charge in [-0.15, -0.1) is 5.10 Å². The third-order valence-corrected chi connectivity index (χ3v) is 7.14. The van der Waals surface area contributed by atoms with Crippen molar-refractivity contribution in [2.24, 2.45) is 7.05 Å². The number of aromatic nitrogens is 7. The second-order valence-corrected chi connectivity index (χ2v) is 10.2. The van der Waals surface area contributed by atoms with Crippen molar-refractivity contribution in [3.05, 3.63) is 41.4 Å². The second-order valence-electron chi connectivity index (χ2n) is 10.2. The summed E-state index contributed by atoms with van der Waals surface area (Å²) in [5.41, 5.74) is 3.54. The average molecular weight is 571 g/mol. The highest BCUT2D eigenvalue weighted by Gasteiger charge is 2.27. The van der Waals surface area contributed by atoms with Gasteiger partial charge in [0.2, 0.25) is 18.2 Å². The van der Waals surface area contributed by atoms with Crippen LogP contribution >= 0.6 is 0 Å². The number of aliphatic hydroxyl groups excluding tert-OH is 1. The molecule has 0 unspecified atom stereocenters. The minimum absolute atomic E-state index is 0.0834. The first kappa shape index (κ1) is 28.7. The van der Waals surface area contributed by atoms with Crippen molar-refractivity contribution < 1.29 is 23.4 Å². The quantitative estimate of drug-likeness (QED) is 0.357. The normalized spacial score (nSPS) is 17.6. The molecule has 2 bridgehead atoms. The van der Waals surface area contributed by atoms with Crippen LogP contribution in [0.5, 0.6) is 11.8 Å². The smallest absolute Gasteiger partial charge is 0.244 e. The molecule has 0 aromatic carbocycles. The number of fused-ring (bicyclic) bond motifs is 4. The maximum atomic E-state index is 13.6. The van der Waals surface area contributed by atoms with E-state index in [2.05, 4.69) is 26.9 Å². The van der Waals surface area contributed by atoms with Gasteiger partial charge in [-0.3, -0.25) is 19.0 Å². The van der Waals surface area contributed by atoms with Crippen LogP contribution in [0.4, 0.5) is 8.78 Å². The predicted molar refractivity (Wildman–Crippen MR) is 150 cm³/mol. The van der Waals surface area contributed by atoms with Gasteiger partial charge >= 0.3 is 0 Å². The number of aryl methyl sites for hydroxylation is 1. The van der Waals surface area contributed by atoms with Gasteiger partial charge in [0.05, 0.1) is 71.8 Å². The average Bonchev–Trinajstić information content (AvgIpc) is 3.59. The first-order valence-electron chi connectivity index (χ1n) is 13.8. The maximum absolute atomic E-state index is 13.6. The van der Waals surface area contributed by atoms with Gasteiger partial charge in [0.1, 0.15) is 11.9 Å². The molecule has 1 aliphatic rings. The van der Waals surface area contributed by atoms with Gasteiger partial charge in [0, 0.05) is 26.3 Å². The van der Waals surface area contributed by atoms with Gasteiger partial charge in [0.15, 0.2) is 0 Å². The van der Waals surface area contributed by atoms with E-state index in [-0.39, 0.29) is 24.4 Å². The van der Waals surface area contributed by atoms with E-state index in [9.17, 15) is 13.9 Å². The fourth-order valence-corrected chi connectivity index (χ4v) is 5.15. The first-order chi connectivity index (χ1) is 19.7. The van der Waals surface area contributed by atoms with E-state index < -0.39 is 12.8 Å². The van der Waals surface area contributed by atoms with Crippen molar-refractivity contribution in [2.75, 3.05) is 26.3 Å². The van der Waals surface area contributed by atoms with Gasteiger partial charge in [-0.2, -0.15) is 5.10 Å². The van der Waals surface area contributed by atoms with Crippen LogP contribution in [0.3, 0.4) is 0 Å². The van der Waals surface area contributed by atoms with Crippen LogP contribution in [0.2, 0.25) is 0 Å². The summed E-state index contributed by atoms with van der Waals surface area (Å²) in [6.45, 7) is 9.90. The Morgan fingerprint density at radius 3 is 2.66 bits per heavy atom. The monoisotopic (exact) mass is 570 g/mol. The van der Waals surface area contributed by atoms with E-state index in [0.717, 1.165) is 16.8 Å². The highest BCUT2D eigenvalue weighted by molar-refractivity contribution is 5.74. The number of alkyl halides is 2. The van der Waals surface area contributed by atoms with Crippen molar-refractivity contribution >= 4 is 17.7 Å². The molecule has 5 rings (SSSR count). The number of hydrogen-bond acceptors (Lipinski definition) is 8. The van der Waals surface area contributed by atoms with Crippen molar-refractivity contribution in [2.45, 2.75) is 59.2 Å². The van der Waals surface area contributed by atoms with E-state index in [1.807, 2.05) is 42.0 Å². The van der Waals surface area contributed by atoms with Crippen LogP contribution < -0.4 is 9.47 Å². The molecule has 11 nitrogen and oxygen atoms in total. The Balaban J connectivity index is 1.73. The van der Waals surface area contributed by atoms with Crippen LogP contribution in [0.15, 0.2) is 18.6 Å². The number of imidazole rings is 1. The third-order valence-electron chi connectivity index (χ3n) is 7.14. The molecule has 0 fully saturated rings. The van der Waals surface area contributed by atoms with E-state index in [4.69, 9.17) is 14.6 Å². The van der Waals surface area contributed by atoms with Crippen molar-refractivity contribution in [1.29, 1.82) is 0 Å². The first-order valence-corrected chi connectivity index (χ1v) is 13.8. The Morgan fingerprint density at radius 1 is 1.17 bits per heavy atom. The van der Waals surface area contributed by atoms with Crippen molar-refractivity contribution in [3.8, 4) is 23.0 Å². The van der Waals surface area contributed by atoms with Crippen LogP contribution in [0.25, 0.3) is 28.9 Å². The Hall–Kier alpha value is -3.84. The molecule has 0 aliphatic carbocycles.